The van der Waals surface area contributed by atoms with E-state index in [1.807, 2.05) is 0 Å². The van der Waals surface area contributed by atoms with Crippen LogP contribution in [0.15, 0.2) is 12.7 Å². The average molecular weight is 381 g/mol. The van der Waals surface area contributed by atoms with Crippen LogP contribution < -0.4 is 0 Å². The molecule has 0 aromatic carbocycles. The van der Waals surface area contributed by atoms with Crippen LogP contribution >= 0.6 is 15.9 Å². The van der Waals surface area contributed by atoms with Gasteiger partial charge in [-0.05, 0) is 12.8 Å². The van der Waals surface area contributed by atoms with Crippen LogP contribution in [-0.4, -0.2) is 56.9 Å². The molecule has 0 aliphatic carbocycles. The molecule has 0 unspecified atom stereocenters. The third-order valence-electron chi connectivity index (χ3n) is 2.90. The van der Waals surface area contributed by atoms with E-state index in [1.165, 1.54) is 0 Å². The van der Waals surface area contributed by atoms with Gasteiger partial charge >= 0.3 is 5.97 Å². The van der Waals surface area contributed by atoms with E-state index in [1.54, 1.807) is 0 Å². The van der Waals surface area contributed by atoms with Crippen molar-refractivity contribution in [3.8, 4) is 0 Å². The Morgan fingerprint density at radius 3 is 2.00 bits per heavy atom. The van der Waals surface area contributed by atoms with Crippen molar-refractivity contribution in [3.63, 3.8) is 0 Å². The number of carbonyl (C=O) groups excluding carboxylic acids is 1. The molecule has 0 aromatic rings. The number of esters is 1. The van der Waals surface area contributed by atoms with E-state index in [9.17, 15) is 4.79 Å². The molecule has 0 spiro atoms. The largest absolute Gasteiger partial charge is 0.462 e. The van der Waals surface area contributed by atoms with Gasteiger partial charge in [-0.2, -0.15) is 0 Å². The van der Waals surface area contributed by atoms with E-state index in [0.29, 0.717) is 13.0 Å². The van der Waals surface area contributed by atoms with Crippen LogP contribution in [0.5, 0.6) is 0 Å². The zero-order valence-electron chi connectivity index (χ0n) is 12.8. The fourth-order valence-corrected chi connectivity index (χ4v) is 2.18. The molecule has 2 saturated heterocycles. The minimum absolute atomic E-state index is 0.0538. The quantitative estimate of drug-likeness (QED) is 0.400. The number of halogens is 1. The van der Waals surface area contributed by atoms with Gasteiger partial charge in [0.1, 0.15) is 0 Å². The highest BCUT2D eigenvalue weighted by Crippen LogP contribution is 2.09. The maximum absolute atomic E-state index is 10.6. The van der Waals surface area contributed by atoms with E-state index in [-0.39, 0.29) is 12.6 Å². The summed E-state index contributed by atoms with van der Waals surface area (Å²) in [4.78, 5) is 10.6. The van der Waals surface area contributed by atoms with Crippen molar-refractivity contribution in [2.75, 3.05) is 38.4 Å². The summed E-state index contributed by atoms with van der Waals surface area (Å²) >= 11 is 3.32. The number of hydrogen-bond donors (Lipinski definition) is 0. The zero-order valence-corrected chi connectivity index (χ0v) is 14.4. The minimum atomic E-state index is -0.407. The molecule has 0 N–H and O–H groups in total. The summed E-state index contributed by atoms with van der Waals surface area (Å²) in [5.74, 6) is -0.407. The first-order valence-electron chi connectivity index (χ1n) is 7.58. The monoisotopic (exact) mass is 380 g/mol. The van der Waals surface area contributed by atoms with Crippen LogP contribution in [0.1, 0.15) is 25.7 Å². The zero-order chi connectivity index (χ0) is 16.0. The summed E-state index contributed by atoms with van der Waals surface area (Å²) in [5, 5.41) is 0.956. The van der Waals surface area contributed by atoms with Gasteiger partial charge in [-0.25, -0.2) is 4.79 Å². The van der Waals surface area contributed by atoms with Gasteiger partial charge in [0, 0.05) is 24.2 Å². The summed E-state index contributed by atoms with van der Waals surface area (Å²) in [7, 11) is 0. The summed E-state index contributed by atoms with van der Waals surface area (Å²) in [6.45, 7) is 6.77. The van der Waals surface area contributed by atoms with Crippen molar-refractivity contribution in [1.82, 2.24) is 0 Å². The molecule has 7 heteroatoms. The van der Waals surface area contributed by atoms with Crippen LogP contribution in [0, 0.1) is 0 Å². The molecule has 0 amide bonds. The normalized spacial score (nSPS) is 19.9. The predicted molar refractivity (Wildman–Crippen MR) is 84.8 cm³/mol. The van der Waals surface area contributed by atoms with Crippen molar-refractivity contribution < 1.29 is 28.5 Å². The maximum atomic E-state index is 10.6. The Kier molecular flexibility index (Phi) is 11.6. The highest BCUT2D eigenvalue weighted by molar-refractivity contribution is 9.09. The van der Waals surface area contributed by atoms with Gasteiger partial charge in [0.2, 0.25) is 0 Å². The van der Waals surface area contributed by atoms with E-state index < -0.39 is 5.97 Å². The third-order valence-corrected chi connectivity index (χ3v) is 3.36. The molecule has 2 fully saturated rings. The Labute approximate surface area is 140 Å². The maximum Gasteiger partial charge on any atom is 0.330 e. The Hall–Kier alpha value is -0.470. The second-order valence-electron chi connectivity index (χ2n) is 4.69. The lowest BCUT2D eigenvalue weighted by Crippen LogP contribution is -2.26. The van der Waals surface area contributed by atoms with Crippen molar-refractivity contribution in [2.45, 2.75) is 38.3 Å². The molecule has 2 aliphatic rings. The molecule has 0 atom stereocenters. The lowest BCUT2D eigenvalue weighted by Gasteiger charge is -2.22. The first-order chi connectivity index (χ1) is 10.8. The second kappa shape index (κ2) is 13.0. The Bertz CT molecular complexity index is 298. The Morgan fingerprint density at radius 1 is 1.05 bits per heavy atom. The molecule has 128 valence electrons. The molecular formula is C15H25BrO6. The van der Waals surface area contributed by atoms with E-state index >= 15 is 0 Å². The lowest BCUT2D eigenvalue weighted by molar-refractivity contribution is -0.186. The van der Waals surface area contributed by atoms with Gasteiger partial charge in [0.05, 0.1) is 33.0 Å². The molecule has 2 rings (SSSR count). The molecule has 0 bridgehead atoms. The SMILES string of the molecule is BrCCC1OCCCO1.C=CC(=O)OCCC1OCCCO1. The van der Waals surface area contributed by atoms with Crippen LogP contribution in [0.2, 0.25) is 0 Å². The molecule has 22 heavy (non-hydrogen) atoms. The Balaban J connectivity index is 0.000000235. The van der Waals surface area contributed by atoms with E-state index in [2.05, 4.69) is 22.5 Å². The molecule has 2 heterocycles. The van der Waals surface area contributed by atoms with Crippen molar-refractivity contribution >= 4 is 21.9 Å². The standard InChI is InChI=1S/C9H14O4.C6H11BrO2/c1-2-8(10)11-7-4-9-12-5-3-6-13-9;7-3-2-6-8-4-1-5-9-6/h2,9H,1,3-7H2;6H,1-5H2. The van der Waals surface area contributed by atoms with Gasteiger partial charge in [-0.3, -0.25) is 0 Å². The fourth-order valence-electron chi connectivity index (χ4n) is 1.81. The van der Waals surface area contributed by atoms with Gasteiger partial charge in [-0.15, -0.1) is 0 Å². The molecule has 0 radical (unpaired) electrons. The average Bonchev–Trinajstić information content (AvgIpc) is 2.57. The van der Waals surface area contributed by atoms with Crippen LogP contribution in [-0.2, 0) is 28.5 Å². The third kappa shape index (κ3) is 9.53. The van der Waals surface area contributed by atoms with Crippen molar-refractivity contribution in [3.05, 3.63) is 12.7 Å². The first kappa shape index (κ1) is 19.6. The number of ether oxygens (including phenoxy) is 5. The topological polar surface area (TPSA) is 63.2 Å². The minimum Gasteiger partial charge on any atom is -0.462 e. The molecular weight excluding hydrogens is 356 g/mol. The van der Waals surface area contributed by atoms with Crippen molar-refractivity contribution in [2.24, 2.45) is 0 Å². The summed E-state index contributed by atoms with van der Waals surface area (Å²) in [6, 6.07) is 0. The predicted octanol–water partition coefficient (Wildman–Crippen LogP) is 2.40. The smallest absolute Gasteiger partial charge is 0.330 e. The summed E-state index contributed by atoms with van der Waals surface area (Å²) in [5.41, 5.74) is 0. The molecule has 2 aliphatic heterocycles. The first-order valence-corrected chi connectivity index (χ1v) is 8.70. The van der Waals surface area contributed by atoms with Crippen LogP contribution in [0.25, 0.3) is 0 Å². The molecule has 0 saturated carbocycles. The highest BCUT2D eigenvalue weighted by atomic mass is 79.9. The van der Waals surface area contributed by atoms with Crippen LogP contribution in [0.4, 0.5) is 0 Å². The molecule has 0 aromatic heterocycles. The van der Waals surface area contributed by atoms with E-state index in [0.717, 1.165) is 57.1 Å². The van der Waals surface area contributed by atoms with Gasteiger partial charge in [0.15, 0.2) is 12.6 Å². The van der Waals surface area contributed by atoms with Crippen LogP contribution in [0.3, 0.4) is 0 Å². The van der Waals surface area contributed by atoms with Crippen molar-refractivity contribution in [1.29, 1.82) is 0 Å². The number of alkyl halides is 1. The molecule has 6 nitrogen and oxygen atoms in total. The number of carbonyl (C=O) groups is 1. The summed E-state index contributed by atoms with van der Waals surface area (Å²) < 4.78 is 25.8. The van der Waals surface area contributed by atoms with Gasteiger partial charge < -0.3 is 23.7 Å². The van der Waals surface area contributed by atoms with Gasteiger partial charge in [-0.1, -0.05) is 22.5 Å². The van der Waals surface area contributed by atoms with Gasteiger partial charge in [0.25, 0.3) is 0 Å². The lowest BCUT2D eigenvalue weighted by atomic mass is 10.4. The summed E-state index contributed by atoms with van der Waals surface area (Å²) in [6.07, 6.45) is 4.49. The number of rotatable bonds is 6. The second-order valence-corrected chi connectivity index (χ2v) is 5.48. The number of hydrogen-bond acceptors (Lipinski definition) is 6. The van der Waals surface area contributed by atoms with E-state index in [4.69, 9.17) is 23.7 Å². The Morgan fingerprint density at radius 2 is 1.55 bits per heavy atom. The highest BCUT2D eigenvalue weighted by Gasteiger charge is 2.14. The fraction of sp³-hybridized carbons (Fsp3) is 0.800.